The Labute approximate surface area is 116 Å². The van der Waals surface area contributed by atoms with E-state index in [0.717, 1.165) is 18.4 Å². The van der Waals surface area contributed by atoms with Crippen molar-refractivity contribution >= 4 is 5.91 Å². The maximum absolute atomic E-state index is 12.2. The Morgan fingerprint density at radius 2 is 2.25 bits per heavy atom. The molecule has 0 radical (unpaired) electrons. The average Bonchev–Trinajstić information content (AvgIpc) is 2.41. The highest BCUT2D eigenvalue weighted by Crippen LogP contribution is 2.21. The molecular weight excluding hydrogens is 266 g/mol. The SMILES string of the molecule is CC(NC1CCCNC1=O)c1cccc(OC(F)F)c1. The summed E-state index contributed by atoms with van der Waals surface area (Å²) in [5.41, 5.74) is 0.807. The Hall–Kier alpha value is -1.69. The van der Waals surface area contributed by atoms with Crippen LogP contribution in [0.3, 0.4) is 0 Å². The summed E-state index contributed by atoms with van der Waals surface area (Å²) in [6.07, 6.45) is 1.72. The maximum Gasteiger partial charge on any atom is 0.387 e. The van der Waals surface area contributed by atoms with E-state index in [1.807, 2.05) is 13.0 Å². The fourth-order valence-electron chi connectivity index (χ4n) is 2.29. The Bertz CT molecular complexity index is 468. The topological polar surface area (TPSA) is 50.4 Å². The van der Waals surface area contributed by atoms with E-state index in [1.54, 1.807) is 12.1 Å². The molecule has 1 aromatic carbocycles. The van der Waals surface area contributed by atoms with Gasteiger partial charge in [0.1, 0.15) is 5.75 Å². The zero-order valence-electron chi connectivity index (χ0n) is 11.2. The predicted octanol–water partition coefficient (Wildman–Crippen LogP) is 2.22. The van der Waals surface area contributed by atoms with Gasteiger partial charge >= 0.3 is 6.61 Å². The molecule has 0 aliphatic carbocycles. The second kappa shape index (κ2) is 6.65. The lowest BCUT2D eigenvalue weighted by Crippen LogP contribution is -2.48. The number of hydrogen-bond donors (Lipinski definition) is 2. The van der Waals surface area contributed by atoms with E-state index in [4.69, 9.17) is 0 Å². The summed E-state index contributed by atoms with van der Waals surface area (Å²) in [6, 6.07) is 6.16. The molecule has 0 spiro atoms. The molecular formula is C14H18F2N2O2. The lowest BCUT2D eigenvalue weighted by atomic mass is 10.0. The van der Waals surface area contributed by atoms with Gasteiger partial charge < -0.3 is 10.1 Å². The minimum Gasteiger partial charge on any atom is -0.435 e. The summed E-state index contributed by atoms with van der Waals surface area (Å²) in [7, 11) is 0. The summed E-state index contributed by atoms with van der Waals surface area (Å²) >= 11 is 0. The number of halogens is 2. The van der Waals surface area contributed by atoms with Gasteiger partial charge in [-0.05, 0) is 37.5 Å². The highest BCUT2D eigenvalue weighted by Gasteiger charge is 2.23. The average molecular weight is 284 g/mol. The van der Waals surface area contributed by atoms with Crippen molar-refractivity contribution in [3.8, 4) is 5.75 Å². The van der Waals surface area contributed by atoms with Crippen LogP contribution < -0.4 is 15.4 Å². The predicted molar refractivity (Wildman–Crippen MR) is 70.7 cm³/mol. The number of carbonyl (C=O) groups excluding carboxylic acids is 1. The van der Waals surface area contributed by atoms with Gasteiger partial charge in [0.05, 0.1) is 6.04 Å². The molecule has 1 amide bonds. The van der Waals surface area contributed by atoms with E-state index in [2.05, 4.69) is 15.4 Å². The zero-order chi connectivity index (χ0) is 14.5. The monoisotopic (exact) mass is 284 g/mol. The Kier molecular flexibility index (Phi) is 4.89. The summed E-state index contributed by atoms with van der Waals surface area (Å²) in [6.45, 7) is -0.232. The standard InChI is InChI=1S/C14H18F2N2O2/c1-9(18-12-6-3-7-17-13(12)19)10-4-2-5-11(8-10)20-14(15)16/h2,4-5,8-9,12,14,18H,3,6-7H2,1H3,(H,17,19). The molecule has 2 atom stereocenters. The van der Waals surface area contributed by atoms with E-state index < -0.39 is 6.61 Å². The van der Waals surface area contributed by atoms with Gasteiger partial charge in [-0.1, -0.05) is 12.1 Å². The van der Waals surface area contributed by atoms with Crippen molar-refractivity contribution in [3.05, 3.63) is 29.8 Å². The maximum atomic E-state index is 12.2. The van der Waals surface area contributed by atoms with Crippen LogP contribution in [0.25, 0.3) is 0 Å². The van der Waals surface area contributed by atoms with Gasteiger partial charge in [0.25, 0.3) is 0 Å². The first-order valence-electron chi connectivity index (χ1n) is 6.65. The van der Waals surface area contributed by atoms with Crippen molar-refractivity contribution in [2.24, 2.45) is 0 Å². The van der Waals surface area contributed by atoms with E-state index in [9.17, 15) is 13.6 Å². The first-order valence-corrected chi connectivity index (χ1v) is 6.65. The summed E-state index contributed by atoms with van der Waals surface area (Å²) in [4.78, 5) is 11.7. The smallest absolute Gasteiger partial charge is 0.387 e. The van der Waals surface area contributed by atoms with E-state index >= 15 is 0 Å². The minimum atomic E-state index is -2.84. The van der Waals surface area contributed by atoms with Crippen LogP contribution in [0.15, 0.2) is 24.3 Å². The lowest BCUT2D eigenvalue weighted by molar-refractivity contribution is -0.124. The molecule has 1 aromatic rings. The molecule has 0 bridgehead atoms. The lowest BCUT2D eigenvalue weighted by Gasteiger charge is -2.26. The summed E-state index contributed by atoms with van der Waals surface area (Å²) in [5.74, 6) is 0.113. The molecule has 2 N–H and O–H groups in total. The van der Waals surface area contributed by atoms with Gasteiger partial charge in [-0.25, -0.2) is 0 Å². The molecule has 0 saturated carbocycles. The van der Waals surface area contributed by atoms with Gasteiger partial charge in [0.2, 0.25) is 5.91 Å². The third kappa shape index (κ3) is 3.90. The van der Waals surface area contributed by atoms with Gasteiger partial charge in [0, 0.05) is 12.6 Å². The second-order valence-electron chi connectivity index (χ2n) is 4.83. The van der Waals surface area contributed by atoms with E-state index in [1.165, 1.54) is 6.07 Å². The van der Waals surface area contributed by atoms with Gasteiger partial charge in [-0.2, -0.15) is 8.78 Å². The van der Waals surface area contributed by atoms with Crippen LogP contribution in [0.1, 0.15) is 31.4 Å². The van der Waals surface area contributed by atoms with Crippen LogP contribution >= 0.6 is 0 Å². The Balaban J connectivity index is 2.01. The van der Waals surface area contributed by atoms with Gasteiger partial charge in [-0.15, -0.1) is 0 Å². The number of ether oxygens (including phenoxy) is 1. The normalized spacial score (nSPS) is 20.6. The number of alkyl halides is 2. The summed E-state index contributed by atoms with van der Waals surface area (Å²) in [5, 5.41) is 6.01. The van der Waals surface area contributed by atoms with Crippen LogP contribution in [0.5, 0.6) is 5.75 Å². The number of hydrogen-bond acceptors (Lipinski definition) is 3. The molecule has 1 fully saturated rings. The number of carbonyl (C=O) groups is 1. The first-order chi connectivity index (χ1) is 9.56. The molecule has 6 heteroatoms. The molecule has 4 nitrogen and oxygen atoms in total. The molecule has 0 aromatic heterocycles. The largest absolute Gasteiger partial charge is 0.435 e. The van der Waals surface area contributed by atoms with Crippen molar-refractivity contribution in [2.45, 2.75) is 38.5 Å². The molecule has 20 heavy (non-hydrogen) atoms. The molecule has 1 saturated heterocycles. The molecule has 1 aliphatic heterocycles. The number of piperidine rings is 1. The van der Waals surface area contributed by atoms with Crippen LogP contribution in [0.4, 0.5) is 8.78 Å². The van der Waals surface area contributed by atoms with Crippen molar-refractivity contribution < 1.29 is 18.3 Å². The number of amides is 1. The highest BCUT2D eigenvalue weighted by atomic mass is 19.3. The van der Waals surface area contributed by atoms with E-state index in [0.29, 0.717) is 6.54 Å². The Morgan fingerprint density at radius 1 is 1.45 bits per heavy atom. The van der Waals surface area contributed by atoms with Gasteiger partial charge in [0.15, 0.2) is 0 Å². The van der Waals surface area contributed by atoms with Crippen molar-refractivity contribution in [1.82, 2.24) is 10.6 Å². The van der Waals surface area contributed by atoms with E-state index in [-0.39, 0.29) is 23.7 Å². The number of nitrogens with one attached hydrogen (secondary N) is 2. The van der Waals surface area contributed by atoms with Crippen LogP contribution in [-0.4, -0.2) is 25.1 Å². The van der Waals surface area contributed by atoms with Crippen molar-refractivity contribution in [1.29, 1.82) is 0 Å². The second-order valence-corrected chi connectivity index (χ2v) is 4.83. The molecule has 1 aliphatic rings. The fraction of sp³-hybridized carbons (Fsp3) is 0.500. The zero-order valence-corrected chi connectivity index (χ0v) is 11.2. The minimum absolute atomic E-state index is 0.0110. The third-order valence-electron chi connectivity index (χ3n) is 3.32. The summed E-state index contributed by atoms with van der Waals surface area (Å²) < 4.78 is 28.7. The van der Waals surface area contributed by atoms with Crippen LogP contribution in [-0.2, 0) is 4.79 Å². The molecule has 2 rings (SSSR count). The van der Waals surface area contributed by atoms with Crippen LogP contribution in [0.2, 0.25) is 0 Å². The Morgan fingerprint density at radius 3 is 2.95 bits per heavy atom. The molecule has 110 valence electrons. The number of rotatable bonds is 5. The fourth-order valence-corrected chi connectivity index (χ4v) is 2.29. The van der Waals surface area contributed by atoms with Crippen LogP contribution in [0, 0.1) is 0 Å². The van der Waals surface area contributed by atoms with Crippen molar-refractivity contribution in [3.63, 3.8) is 0 Å². The highest BCUT2D eigenvalue weighted by molar-refractivity contribution is 5.82. The molecule has 2 unspecified atom stereocenters. The van der Waals surface area contributed by atoms with Crippen molar-refractivity contribution in [2.75, 3.05) is 6.54 Å². The molecule has 1 heterocycles. The van der Waals surface area contributed by atoms with Gasteiger partial charge in [-0.3, -0.25) is 10.1 Å². The first kappa shape index (κ1) is 14.7. The third-order valence-corrected chi connectivity index (χ3v) is 3.32. The quantitative estimate of drug-likeness (QED) is 0.871. The number of benzene rings is 1.